The maximum absolute atomic E-state index is 12.2. The Hall–Kier alpha value is -2.83. The van der Waals surface area contributed by atoms with Gasteiger partial charge in [-0.2, -0.15) is 0 Å². The van der Waals surface area contributed by atoms with Gasteiger partial charge in [0.05, 0.1) is 11.3 Å². The Kier molecular flexibility index (Phi) is 5.55. The van der Waals surface area contributed by atoms with E-state index in [0.29, 0.717) is 31.0 Å². The Morgan fingerprint density at radius 2 is 2.00 bits per heavy atom. The van der Waals surface area contributed by atoms with E-state index in [2.05, 4.69) is 15.8 Å². The molecule has 0 aliphatic heterocycles. The summed E-state index contributed by atoms with van der Waals surface area (Å²) in [7, 11) is 0. The molecule has 1 aliphatic carbocycles. The first-order valence-electron chi connectivity index (χ1n) is 8.75. The highest BCUT2D eigenvalue weighted by Crippen LogP contribution is 2.28. The number of carbonyl (C=O) groups excluding carboxylic acids is 2. The molecule has 0 atom stereocenters. The lowest BCUT2D eigenvalue weighted by atomic mass is 10.2. The highest BCUT2D eigenvalue weighted by Gasteiger charge is 2.29. The summed E-state index contributed by atoms with van der Waals surface area (Å²) in [5, 5.41) is 9.50. The number of carbonyl (C=O) groups is 2. The fraction of sp³-hybridized carbons (Fsp3) is 0.421. The predicted molar refractivity (Wildman–Crippen MR) is 94.8 cm³/mol. The molecule has 1 saturated carbocycles. The topological polar surface area (TPSA) is 93.5 Å². The summed E-state index contributed by atoms with van der Waals surface area (Å²) in [4.78, 5) is 23.8. The van der Waals surface area contributed by atoms with Crippen molar-refractivity contribution in [3.8, 4) is 5.75 Å². The van der Waals surface area contributed by atoms with Gasteiger partial charge in [-0.05, 0) is 44.9 Å². The molecule has 2 N–H and O–H groups in total. The molecule has 2 amide bonds. The van der Waals surface area contributed by atoms with Gasteiger partial charge in [0.25, 0.3) is 5.91 Å². The van der Waals surface area contributed by atoms with Crippen molar-refractivity contribution in [2.24, 2.45) is 5.92 Å². The van der Waals surface area contributed by atoms with Gasteiger partial charge < -0.3 is 19.9 Å². The van der Waals surface area contributed by atoms with Crippen molar-refractivity contribution in [2.75, 3.05) is 13.1 Å². The van der Waals surface area contributed by atoms with Gasteiger partial charge >= 0.3 is 0 Å². The van der Waals surface area contributed by atoms with Crippen LogP contribution in [-0.2, 0) is 11.4 Å². The van der Waals surface area contributed by atoms with Crippen molar-refractivity contribution in [2.45, 2.75) is 33.3 Å². The van der Waals surface area contributed by atoms with Crippen LogP contribution in [0, 0.1) is 19.8 Å². The van der Waals surface area contributed by atoms with Crippen LogP contribution in [0.25, 0.3) is 0 Å². The molecule has 0 radical (unpaired) electrons. The summed E-state index contributed by atoms with van der Waals surface area (Å²) in [5.74, 6) is 1.38. The maximum atomic E-state index is 12.2. The van der Waals surface area contributed by atoms with Gasteiger partial charge in [0.2, 0.25) is 5.91 Å². The molecule has 2 aromatic rings. The molecule has 26 heavy (non-hydrogen) atoms. The lowest BCUT2D eigenvalue weighted by molar-refractivity contribution is -0.122. The number of aromatic nitrogens is 1. The molecule has 0 spiro atoms. The summed E-state index contributed by atoms with van der Waals surface area (Å²) >= 11 is 0. The zero-order valence-corrected chi connectivity index (χ0v) is 15.0. The molecule has 1 aliphatic rings. The number of nitrogens with one attached hydrogen (secondary N) is 2. The van der Waals surface area contributed by atoms with Crippen molar-refractivity contribution >= 4 is 11.8 Å². The molecule has 0 saturated heterocycles. The molecule has 138 valence electrons. The average molecular weight is 357 g/mol. The molecular formula is C19H23N3O4. The Morgan fingerprint density at radius 3 is 2.69 bits per heavy atom. The summed E-state index contributed by atoms with van der Waals surface area (Å²) in [6.07, 6.45) is 1.94. The molecule has 7 nitrogen and oxygen atoms in total. The average Bonchev–Trinajstić information content (AvgIpc) is 3.44. The van der Waals surface area contributed by atoms with E-state index in [4.69, 9.17) is 9.26 Å². The van der Waals surface area contributed by atoms with E-state index in [1.807, 2.05) is 13.8 Å². The number of aryl methyl sites for hydroxylation is 2. The highest BCUT2D eigenvalue weighted by molar-refractivity contribution is 5.94. The third-order valence-electron chi connectivity index (χ3n) is 4.32. The third-order valence-corrected chi connectivity index (χ3v) is 4.32. The van der Waals surface area contributed by atoms with E-state index in [1.165, 1.54) is 0 Å². The number of ether oxygens (including phenoxy) is 1. The first-order chi connectivity index (χ1) is 12.5. The predicted octanol–water partition coefficient (Wildman–Crippen LogP) is 2.13. The second-order valence-electron chi connectivity index (χ2n) is 6.44. The van der Waals surface area contributed by atoms with Crippen LogP contribution < -0.4 is 15.4 Å². The zero-order valence-electron chi connectivity index (χ0n) is 15.0. The maximum Gasteiger partial charge on any atom is 0.251 e. The van der Waals surface area contributed by atoms with Crippen molar-refractivity contribution in [1.29, 1.82) is 0 Å². The van der Waals surface area contributed by atoms with Gasteiger partial charge in [-0.15, -0.1) is 0 Å². The van der Waals surface area contributed by atoms with Crippen LogP contribution in [0.5, 0.6) is 5.75 Å². The van der Waals surface area contributed by atoms with Crippen LogP contribution in [0.1, 0.15) is 40.2 Å². The van der Waals surface area contributed by atoms with Gasteiger partial charge in [0.1, 0.15) is 18.1 Å². The first kappa shape index (κ1) is 18.0. The molecule has 1 fully saturated rings. The van der Waals surface area contributed by atoms with E-state index in [1.54, 1.807) is 24.3 Å². The lowest BCUT2D eigenvalue weighted by Gasteiger charge is -2.09. The number of benzene rings is 1. The first-order valence-corrected chi connectivity index (χ1v) is 8.75. The number of nitrogens with zero attached hydrogens (tertiary/aromatic N) is 1. The quantitative estimate of drug-likeness (QED) is 0.706. The van der Waals surface area contributed by atoms with Crippen molar-refractivity contribution in [3.05, 3.63) is 46.8 Å². The largest absolute Gasteiger partial charge is 0.489 e. The van der Waals surface area contributed by atoms with E-state index in [-0.39, 0.29) is 17.7 Å². The van der Waals surface area contributed by atoms with Crippen LogP contribution in [0.2, 0.25) is 0 Å². The number of rotatable bonds is 8. The Labute approximate surface area is 152 Å². The van der Waals surface area contributed by atoms with E-state index in [9.17, 15) is 9.59 Å². The summed E-state index contributed by atoms with van der Waals surface area (Å²) < 4.78 is 10.9. The minimum Gasteiger partial charge on any atom is -0.489 e. The molecule has 3 rings (SSSR count). The van der Waals surface area contributed by atoms with E-state index >= 15 is 0 Å². The monoisotopic (exact) mass is 357 g/mol. The Morgan fingerprint density at radius 1 is 1.23 bits per heavy atom. The van der Waals surface area contributed by atoms with Gasteiger partial charge in [-0.25, -0.2) is 0 Å². The van der Waals surface area contributed by atoms with Gasteiger partial charge in [0, 0.05) is 24.6 Å². The van der Waals surface area contributed by atoms with Crippen molar-refractivity contribution in [1.82, 2.24) is 15.8 Å². The molecule has 1 aromatic heterocycles. The smallest absolute Gasteiger partial charge is 0.251 e. The summed E-state index contributed by atoms with van der Waals surface area (Å²) in [6.45, 7) is 4.86. The van der Waals surface area contributed by atoms with Gasteiger partial charge in [0.15, 0.2) is 0 Å². The van der Waals surface area contributed by atoms with E-state index < -0.39 is 0 Å². The second kappa shape index (κ2) is 8.03. The van der Waals surface area contributed by atoms with Crippen LogP contribution in [0.4, 0.5) is 0 Å². The van der Waals surface area contributed by atoms with Crippen molar-refractivity contribution in [3.63, 3.8) is 0 Å². The fourth-order valence-corrected chi connectivity index (χ4v) is 2.54. The Bertz CT molecular complexity index is 776. The normalized spacial score (nSPS) is 13.3. The van der Waals surface area contributed by atoms with Gasteiger partial charge in [-0.3, -0.25) is 9.59 Å². The van der Waals surface area contributed by atoms with Crippen LogP contribution >= 0.6 is 0 Å². The lowest BCUT2D eigenvalue weighted by Crippen LogP contribution is -2.35. The zero-order chi connectivity index (χ0) is 18.5. The molecule has 0 bridgehead atoms. The van der Waals surface area contributed by atoms with Crippen LogP contribution in [0.15, 0.2) is 28.8 Å². The number of hydrogen-bond donors (Lipinski definition) is 2. The number of hydrogen-bond acceptors (Lipinski definition) is 5. The minimum atomic E-state index is -0.201. The van der Waals surface area contributed by atoms with Crippen LogP contribution in [0.3, 0.4) is 0 Å². The number of amides is 2. The van der Waals surface area contributed by atoms with Crippen molar-refractivity contribution < 1.29 is 18.8 Å². The molecule has 0 unspecified atom stereocenters. The second-order valence-corrected chi connectivity index (χ2v) is 6.44. The molecule has 1 heterocycles. The third kappa shape index (κ3) is 4.62. The summed E-state index contributed by atoms with van der Waals surface area (Å²) in [5.41, 5.74) is 2.21. The fourth-order valence-electron chi connectivity index (χ4n) is 2.54. The van der Waals surface area contributed by atoms with Gasteiger partial charge in [-0.1, -0.05) is 11.2 Å². The SMILES string of the molecule is Cc1noc(C)c1COc1cccc(C(=O)NCCNC(=O)C2CC2)c1. The molecular weight excluding hydrogens is 334 g/mol. The Balaban J connectivity index is 1.48. The summed E-state index contributed by atoms with van der Waals surface area (Å²) in [6, 6.07) is 6.98. The van der Waals surface area contributed by atoms with E-state index in [0.717, 1.165) is 29.9 Å². The molecule has 7 heteroatoms. The standard InChI is InChI=1S/C19H23N3O4/c1-12-17(13(2)26-22-12)11-25-16-5-3-4-15(10-16)19(24)21-9-8-20-18(23)14-6-7-14/h3-5,10,14H,6-9,11H2,1-2H3,(H,20,23)(H,21,24). The van der Waals surface area contributed by atoms with Crippen LogP contribution in [-0.4, -0.2) is 30.1 Å². The minimum absolute atomic E-state index is 0.0777. The highest BCUT2D eigenvalue weighted by atomic mass is 16.5. The molecule has 1 aromatic carbocycles.